The van der Waals surface area contributed by atoms with E-state index in [1.54, 1.807) is 18.2 Å². The average Bonchev–Trinajstić information content (AvgIpc) is 2.74. The van der Waals surface area contributed by atoms with E-state index in [2.05, 4.69) is 10.6 Å². The fraction of sp³-hybridized carbons (Fsp3) is 0.167. The Morgan fingerprint density at radius 3 is 2.41 bits per heavy atom. The van der Waals surface area contributed by atoms with Gasteiger partial charge in [0, 0.05) is 17.8 Å². The van der Waals surface area contributed by atoms with Crippen molar-refractivity contribution in [3.05, 3.63) is 95.1 Å². The standard InChI is InChI=1S/C24H24N2O3/c1-3-25-24(28)21-14-7-9-17(2)22(21)29-16-18-10-8-11-19(15-18)23(27)26-20-12-5-4-6-13-20/h4-15H,3,16H2,1-2H3,(H,25,28)(H,26,27). The Morgan fingerprint density at radius 1 is 0.897 bits per heavy atom. The van der Waals surface area contributed by atoms with Crippen LogP contribution in [-0.4, -0.2) is 18.4 Å². The van der Waals surface area contributed by atoms with E-state index in [4.69, 9.17) is 4.74 Å². The predicted octanol–water partition coefficient (Wildman–Crippen LogP) is 4.58. The van der Waals surface area contributed by atoms with E-state index >= 15 is 0 Å². The van der Waals surface area contributed by atoms with Crippen molar-refractivity contribution in [2.24, 2.45) is 0 Å². The van der Waals surface area contributed by atoms with Gasteiger partial charge < -0.3 is 15.4 Å². The Kier molecular flexibility index (Phi) is 6.63. The van der Waals surface area contributed by atoms with Gasteiger partial charge in [0.2, 0.25) is 0 Å². The van der Waals surface area contributed by atoms with Crippen molar-refractivity contribution in [2.75, 3.05) is 11.9 Å². The predicted molar refractivity (Wildman–Crippen MR) is 114 cm³/mol. The summed E-state index contributed by atoms with van der Waals surface area (Å²) in [4.78, 5) is 24.8. The molecular formula is C24H24N2O3. The van der Waals surface area contributed by atoms with Crippen molar-refractivity contribution in [1.82, 2.24) is 5.32 Å². The summed E-state index contributed by atoms with van der Waals surface area (Å²) in [7, 11) is 0. The summed E-state index contributed by atoms with van der Waals surface area (Å²) >= 11 is 0. The van der Waals surface area contributed by atoms with Crippen LogP contribution in [0.3, 0.4) is 0 Å². The van der Waals surface area contributed by atoms with E-state index in [-0.39, 0.29) is 18.4 Å². The van der Waals surface area contributed by atoms with Gasteiger partial charge >= 0.3 is 0 Å². The highest BCUT2D eigenvalue weighted by Gasteiger charge is 2.14. The number of rotatable bonds is 7. The Balaban J connectivity index is 1.73. The van der Waals surface area contributed by atoms with Gasteiger partial charge in [0.05, 0.1) is 5.56 Å². The second kappa shape index (κ2) is 9.55. The van der Waals surface area contributed by atoms with Gasteiger partial charge in [0.25, 0.3) is 11.8 Å². The molecule has 3 rings (SSSR count). The maximum absolute atomic E-state index is 12.5. The fourth-order valence-electron chi connectivity index (χ4n) is 2.96. The van der Waals surface area contributed by atoms with Crippen LogP contribution in [0.1, 0.15) is 38.8 Å². The Morgan fingerprint density at radius 2 is 1.66 bits per heavy atom. The van der Waals surface area contributed by atoms with E-state index in [0.717, 1.165) is 16.8 Å². The van der Waals surface area contributed by atoms with Gasteiger partial charge in [-0.3, -0.25) is 9.59 Å². The number of para-hydroxylation sites is 2. The molecule has 0 unspecified atom stereocenters. The molecule has 148 valence electrons. The molecule has 0 atom stereocenters. The first-order valence-corrected chi connectivity index (χ1v) is 9.54. The number of ether oxygens (including phenoxy) is 1. The molecule has 0 aliphatic heterocycles. The number of amides is 2. The van der Waals surface area contributed by atoms with Gasteiger partial charge in [0.1, 0.15) is 12.4 Å². The van der Waals surface area contributed by atoms with Crippen molar-refractivity contribution in [3.63, 3.8) is 0 Å². The van der Waals surface area contributed by atoms with Crippen molar-refractivity contribution < 1.29 is 14.3 Å². The first-order valence-electron chi connectivity index (χ1n) is 9.54. The SMILES string of the molecule is CCNC(=O)c1cccc(C)c1OCc1cccc(C(=O)Nc2ccccc2)c1. The van der Waals surface area contributed by atoms with Crippen LogP contribution >= 0.6 is 0 Å². The normalized spacial score (nSPS) is 10.3. The van der Waals surface area contributed by atoms with Gasteiger partial charge in [-0.1, -0.05) is 42.5 Å². The number of hydrogen-bond acceptors (Lipinski definition) is 3. The lowest BCUT2D eigenvalue weighted by atomic mass is 10.1. The highest BCUT2D eigenvalue weighted by Crippen LogP contribution is 2.25. The lowest BCUT2D eigenvalue weighted by molar-refractivity contribution is 0.0950. The van der Waals surface area contributed by atoms with Gasteiger partial charge in [-0.2, -0.15) is 0 Å². The third kappa shape index (κ3) is 5.23. The first kappa shape index (κ1) is 20.1. The lowest BCUT2D eigenvalue weighted by Gasteiger charge is -2.14. The molecule has 0 fully saturated rings. The number of carbonyl (C=O) groups excluding carboxylic acids is 2. The molecule has 2 N–H and O–H groups in total. The van der Waals surface area contributed by atoms with Gasteiger partial charge in [-0.15, -0.1) is 0 Å². The zero-order valence-electron chi connectivity index (χ0n) is 16.6. The topological polar surface area (TPSA) is 67.4 Å². The Hall–Kier alpha value is -3.60. The quantitative estimate of drug-likeness (QED) is 0.623. The first-order chi connectivity index (χ1) is 14.1. The van der Waals surface area contributed by atoms with Gasteiger partial charge in [-0.05, 0) is 55.3 Å². The number of benzene rings is 3. The Bertz CT molecular complexity index is 1000. The third-order valence-electron chi connectivity index (χ3n) is 4.40. The number of carbonyl (C=O) groups is 2. The number of anilines is 1. The molecule has 0 aliphatic carbocycles. The molecule has 0 saturated carbocycles. The largest absolute Gasteiger partial charge is 0.488 e. The average molecular weight is 388 g/mol. The summed E-state index contributed by atoms with van der Waals surface area (Å²) in [6, 6.07) is 22.1. The molecule has 0 aromatic heterocycles. The molecule has 2 amide bonds. The van der Waals surface area contributed by atoms with Crippen molar-refractivity contribution in [3.8, 4) is 5.75 Å². The minimum Gasteiger partial charge on any atom is -0.488 e. The van der Waals surface area contributed by atoms with Gasteiger partial charge in [0.15, 0.2) is 0 Å². The molecule has 29 heavy (non-hydrogen) atoms. The molecule has 0 saturated heterocycles. The molecular weight excluding hydrogens is 364 g/mol. The molecule has 0 heterocycles. The minimum atomic E-state index is -0.183. The summed E-state index contributed by atoms with van der Waals surface area (Å²) in [5.41, 5.74) is 3.52. The summed E-state index contributed by atoms with van der Waals surface area (Å²) < 4.78 is 5.98. The van der Waals surface area contributed by atoms with Crippen LogP contribution in [0.15, 0.2) is 72.8 Å². The van der Waals surface area contributed by atoms with Crippen LogP contribution in [0.25, 0.3) is 0 Å². The molecule has 0 aliphatic rings. The van der Waals surface area contributed by atoms with E-state index in [1.807, 2.05) is 68.4 Å². The van der Waals surface area contributed by atoms with Crippen LogP contribution in [0.2, 0.25) is 0 Å². The molecule has 5 nitrogen and oxygen atoms in total. The third-order valence-corrected chi connectivity index (χ3v) is 4.40. The second-order valence-corrected chi connectivity index (χ2v) is 6.62. The van der Waals surface area contributed by atoms with Gasteiger partial charge in [-0.25, -0.2) is 0 Å². The highest BCUT2D eigenvalue weighted by atomic mass is 16.5. The molecule has 0 bridgehead atoms. The smallest absolute Gasteiger partial charge is 0.255 e. The van der Waals surface area contributed by atoms with E-state index in [9.17, 15) is 9.59 Å². The maximum Gasteiger partial charge on any atom is 0.255 e. The molecule has 0 spiro atoms. The lowest BCUT2D eigenvalue weighted by Crippen LogP contribution is -2.23. The van der Waals surface area contributed by atoms with E-state index in [1.165, 1.54) is 0 Å². The van der Waals surface area contributed by atoms with Crippen molar-refractivity contribution in [2.45, 2.75) is 20.5 Å². The molecule has 3 aromatic rings. The zero-order chi connectivity index (χ0) is 20.6. The van der Waals surface area contributed by atoms with E-state index < -0.39 is 0 Å². The maximum atomic E-state index is 12.5. The number of aryl methyl sites for hydroxylation is 1. The van der Waals surface area contributed by atoms with Crippen molar-refractivity contribution in [1.29, 1.82) is 0 Å². The number of hydrogen-bond donors (Lipinski definition) is 2. The van der Waals surface area contributed by atoms with Crippen LogP contribution < -0.4 is 15.4 Å². The second-order valence-electron chi connectivity index (χ2n) is 6.62. The summed E-state index contributed by atoms with van der Waals surface area (Å²) in [5.74, 6) is 0.205. The number of nitrogens with one attached hydrogen (secondary N) is 2. The van der Waals surface area contributed by atoms with Crippen LogP contribution in [0.4, 0.5) is 5.69 Å². The van der Waals surface area contributed by atoms with Crippen molar-refractivity contribution >= 4 is 17.5 Å². The molecule has 0 radical (unpaired) electrons. The van der Waals surface area contributed by atoms with Crippen LogP contribution in [0, 0.1) is 6.92 Å². The summed E-state index contributed by atoms with van der Waals surface area (Å²) in [6.07, 6.45) is 0. The van der Waals surface area contributed by atoms with Crippen LogP contribution in [0.5, 0.6) is 5.75 Å². The monoisotopic (exact) mass is 388 g/mol. The fourth-order valence-corrected chi connectivity index (χ4v) is 2.96. The van der Waals surface area contributed by atoms with E-state index in [0.29, 0.717) is 23.4 Å². The minimum absolute atomic E-state index is 0.165. The molecule has 3 aromatic carbocycles. The summed E-state index contributed by atoms with van der Waals surface area (Å²) in [5, 5.41) is 5.68. The Labute approximate surface area is 170 Å². The zero-order valence-corrected chi connectivity index (χ0v) is 16.6. The van der Waals surface area contributed by atoms with Crippen LogP contribution in [-0.2, 0) is 6.61 Å². The molecule has 5 heteroatoms. The highest BCUT2D eigenvalue weighted by molar-refractivity contribution is 6.04. The summed E-state index contributed by atoms with van der Waals surface area (Å²) in [6.45, 7) is 4.58.